The molecule has 21 heavy (non-hydrogen) atoms. The van der Waals surface area contributed by atoms with E-state index < -0.39 is 0 Å². The number of aromatic amines is 1. The zero-order chi connectivity index (χ0) is 14.0. The van der Waals surface area contributed by atoms with Gasteiger partial charge in [0.2, 0.25) is 0 Å². The lowest BCUT2D eigenvalue weighted by molar-refractivity contribution is 1.55. The Bertz CT molecular complexity index is 1150. The normalized spacial score (nSPS) is 12.0. The predicted molar refractivity (Wildman–Crippen MR) is 96.4 cm³/mol. The number of benzene rings is 3. The molecule has 0 unspecified atom stereocenters. The topological polar surface area (TPSA) is 15.8 Å². The number of hydrogen-bond donors (Lipinski definition) is 1. The molecule has 0 fully saturated rings. The van der Waals surface area contributed by atoms with Gasteiger partial charge in [-0.15, -0.1) is 11.3 Å². The minimum atomic E-state index is 1.12. The smallest absolute Gasteiger partial charge is 0.0472 e. The maximum absolute atomic E-state index is 3.60. The molecule has 2 aromatic heterocycles. The second-order valence-corrected chi connectivity index (χ2v) is 7.27. The molecule has 5 rings (SSSR count). The summed E-state index contributed by atoms with van der Waals surface area (Å²) in [6, 6.07) is 19.5. The first-order valence-electron chi connectivity index (χ1n) is 6.82. The van der Waals surface area contributed by atoms with Crippen LogP contribution in [0.3, 0.4) is 0 Å². The Kier molecular flexibility index (Phi) is 2.29. The van der Waals surface area contributed by atoms with Crippen molar-refractivity contribution in [2.24, 2.45) is 0 Å². The fourth-order valence-corrected chi connectivity index (χ4v) is 4.65. The first kappa shape index (κ1) is 11.8. The lowest BCUT2D eigenvalue weighted by atomic mass is 10.1. The standard InChI is InChI=1S/C18H10BrNS/c19-10-5-6-13-12(9-10)17-14(20-13)7-8-16-18(17)11-3-1-2-4-15(11)21-16/h1-9,20H. The molecule has 0 radical (unpaired) electrons. The van der Waals surface area contributed by atoms with Gasteiger partial charge < -0.3 is 4.98 Å². The van der Waals surface area contributed by atoms with Gasteiger partial charge in [0.05, 0.1) is 0 Å². The average molecular weight is 352 g/mol. The molecule has 100 valence electrons. The lowest BCUT2D eigenvalue weighted by Gasteiger charge is -1.97. The van der Waals surface area contributed by atoms with E-state index in [4.69, 9.17) is 0 Å². The average Bonchev–Trinajstić information content (AvgIpc) is 3.04. The molecule has 0 aliphatic heterocycles. The summed E-state index contributed by atoms with van der Waals surface area (Å²) >= 11 is 5.46. The molecule has 0 aliphatic carbocycles. The second kappa shape index (κ2) is 4.09. The molecule has 0 spiro atoms. The molecule has 0 bridgehead atoms. The zero-order valence-electron chi connectivity index (χ0n) is 11.0. The maximum Gasteiger partial charge on any atom is 0.0472 e. The Labute approximate surface area is 133 Å². The summed E-state index contributed by atoms with van der Waals surface area (Å²) < 4.78 is 3.82. The molecular weight excluding hydrogens is 342 g/mol. The van der Waals surface area contributed by atoms with Crippen LogP contribution in [0, 0.1) is 0 Å². The van der Waals surface area contributed by atoms with Crippen molar-refractivity contribution in [2.45, 2.75) is 0 Å². The van der Waals surface area contributed by atoms with Gasteiger partial charge >= 0.3 is 0 Å². The van der Waals surface area contributed by atoms with E-state index in [1.165, 1.54) is 42.0 Å². The number of fused-ring (bicyclic) bond motifs is 7. The van der Waals surface area contributed by atoms with Crippen LogP contribution in [0.15, 0.2) is 59.1 Å². The number of nitrogens with one attached hydrogen (secondary N) is 1. The molecule has 0 atom stereocenters. The minimum Gasteiger partial charge on any atom is -0.354 e. The highest BCUT2D eigenvalue weighted by molar-refractivity contribution is 9.10. The van der Waals surface area contributed by atoms with E-state index in [1.807, 2.05) is 11.3 Å². The SMILES string of the molecule is Brc1ccc2[nH]c3ccc4sc5ccccc5c4c3c2c1. The maximum atomic E-state index is 3.60. The molecular formula is C18H10BrNS. The molecule has 5 aromatic rings. The Morgan fingerprint density at radius 1 is 0.762 bits per heavy atom. The highest BCUT2D eigenvalue weighted by atomic mass is 79.9. The van der Waals surface area contributed by atoms with Crippen LogP contribution in [0.2, 0.25) is 0 Å². The van der Waals surface area contributed by atoms with Gasteiger partial charge in [-0.25, -0.2) is 0 Å². The van der Waals surface area contributed by atoms with Crippen molar-refractivity contribution in [2.75, 3.05) is 0 Å². The van der Waals surface area contributed by atoms with E-state index in [0.29, 0.717) is 0 Å². The Balaban J connectivity index is 2.16. The third-order valence-corrected chi connectivity index (χ3v) is 5.69. The molecule has 1 nitrogen and oxygen atoms in total. The summed E-state index contributed by atoms with van der Waals surface area (Å²) in [5.74, 6) is 0. The van der Waals surface area contributed by atoms with Crippen LogP contribution in [0.5, 0.6) is 0 Å². The fourth-order valence-electron chi connectivity index (χ4n) is 3.18. The Morgan fingerprint density at radius 2 is 1.62 bits per heavy atom. The molecule has 2 heterocycles. The van der Waals surface area contributed by atoms with Crippen molar-refractivity contribution in [1.82, 2.24) is 4.98 Å². The summed E-state index contributed by atoms with van der Waals surface area (Å²) in [7, 11) is 0. The lowest BCUT2D eigenvalue weighted by Crippen LogP contribution is -1.71. The van der Waals surface area contributed by atoms with Gasteiger partial charge in [0.1, 0.15) is 0 Å². The summed E-state index contributed by atoms with van der Waals surface area (Å²) in [6.45, 7) is 0. The van der Waals surface area contributed by atoms with Crippen LogP contribution < -0.4 is 0 Å². The van der Waals surface area contributed by atoms with Crippen LogP contribution in [-0.2, 0) is 0 Å². The van der Waals surface area contributed by atoms with Gasteiger partial charge in [0, 0.05) is 46.5 Å². The van der Waals surface area contributed by atoms with E-state index in [1.54, 1.807) is 0 Å². The van der Waals surface area contributed by atoms with Gasteiger partial charge in [-0.3, -0.25) is 0 Å². The summed E-state index contributed by atoms with van der Waals surface area (Å²) in [5.41, 5.74) is 2.40. The number of hydrogen-bond acceptors (Lipinski definition) is 1. The molecule has 0 saturated heterocycles. The predicted octanol–water partition coefficient (Wildman–Crippen LogP) is 6.45. The third kappa shape index (κ3) is 1.56. The van der Waals surface area contributed by atoms with Crippen molar-refractivity contribution < 1.29 is 0 Å². The van der Waals surface area contributed by atoms with Gasteiger partial charge in [0.25, 0.3) is 0 Å². The third-order valence-electron chi connectivity index (χ3n) is 4.06. The summed E-state index contributed by atoms with van der Waals surface area (Å²) in [4.78, 5) is 3.54. The van der Waals surface area contributed by atoms with E-state index in [2.05, 4.69) is 75.5 Å². The minimum absolute atomic E-state index is 1.12. The largest absolute Gasteiger partial charge is 0.354 e. The van der Waals surface area contributed by atoms with Gasteiger partial charge in [-0.2, -0.15) is 0 Å². The van der Waals surface area contributed by atoms with Gasteiger partial charge in [-0.05, 0) is 36.4 Å². The van der Waals surface area contributed by atoms with Crippen LogP contribution in [0.4, 0.5) is 0 Å². The first-order valence-corrected chi connectivity index (χ1v) is 8.43. The Morgan fingerprint density at radius 3 is 2.57 bits per heavy atom. The molecule has 0 amide bonds. The number of H-pyrrole nitrogens is 1. The van der Waals surface area contributed by atoms with Crippen molar-refractivity contribution in [3.63, 3.8) is 0 Å². The number of rotatable bonds is 0. The fraction of sp³-hybridized carbons (Fsp3) is 0. The number of thiophene rings is 1. The molecule has 1 N–H and O–H groups in total. The second-order valence-electron chi connectivity index (χ2n) is 5.27. The van der Waals surface area contributed by atoms with Crippen molar-refractivity contribution >= 4 is 69.2 Å². The van der Waals surface area contributed by atoms with Crippen molar-refractivity contribution in [3.8, 4) is 0 Å². The summed E-state index contributed by atoms with van der Waals surface area (Å²) in [5, 5.41) is 5.34. The first-order chi connectivity index (χ1) is 10.3. The van der Waals surface area contributed by atoms with Crippen LogP contribution in [0.1, 0.15) is 0 Å². The van der Waals surface area contributed by atoms with E-state index >= 15 is 0 Å². The van der Waals surface area contributed by atoms with Crippen molar-refractivity contribution in [1.29, 1.82) is 0 Å². The number of halogens is 1. The zero-order valence-corrected chi connectivity index (χ0v) is 13.4. The van der Waals surface area contributed by atoms with E-state index in [0.717, 1.165) is 4.47 Å². The van der Waals surface area contributed by atoms with Crippen LogP contribution in [0.25, 0.3) is 42.0 Å². The molecule has 0 saturated carbocycles. The van der Waals surface area contributed by atoms with E-state index in [-0.39, 0.29) is 0 Å². The van der Waals surface area contributed by atoms with E-state index in [9.17, 15) is 0 Å². The van der Waals surface area contributed by atoms with Gasteiger partial charge in [-0.1, -0.05) is 34.1 Å². The Hall–Kier alpha value is -1.84. The van der Waals surface area contributed by atoms with Crippen molar-refractivity contribution in [3.05, 3.63) is 59.1 Å². The van der Waals surface area contributed by atoms with Crippen LogP contribution >= 0.6 is 27.3 Å². The van der Waals surface area contributed by atoms with Crippen LogP contribution in [-0.4, -0.2) is 4.98 Å². The molecule has 3 aromatic carbocycles. The highest BCUT2D eigenvalue weighted by Gasteiger charge is 2.12. The molecule has 0 aliphatic rings. The van der Waals surface area contributed by atoms with Gasteiger partial charge in [0.15, 0.2) is 0 Å². The monoisotopic (exact) mass is 351 g/mol. The highest BCUT2D eigenvalue weighted by Crippen LogP contribution is 2.41. The number of aromatic nitrogens is 1. The quantitative estimate of drug-likeness (QED) is 0.330. The summed E-state index contributed by atoms with van der Waals surface area (Å²) in [6.07, 6.45) is 0. The molecule has 3 heteroatoms.